The molecule has 41 heavy (non-hydrogen) atoms. The smallest absolute Gasteiger partial charge is 0.211 e. The molecule has 3 fully saturated rings. The zero-order chi connectivity index (χ0) is 28.0. The van der Waals surface area contributed by atoms with Gasteiger partial charge in [-0.1, -0.05) is 12.1 Å². The van der Waals surface area contributed by atoms with Crippen LogP contribution in [0.3, 0.4) is 0 Å². The molecule has 4 aliphatic rings. The van der Waals surface area contributed by atoms with Crippen LogP contribution in [0.4, 0.5) is 5.69 Å². The van der Waals surface area contributed by atoms with Crippen LogP contribution >= 0.6 is 11.3 Å². The Kier molecular flexibility index (Phi) is 7.79. The van der Waals surface area contributed by atoms with E-state index < -0.39 is 10.0 Å². The molecule has 0 aliphatic carbocycles. The maximum Gasteiger partial charge on any atom is 0.211 e. The zero-order valence-electron chi connectivity index (χ0n) is 23.7. The first-order chi connectivity index (χ1) is 19.9. The third kappa shape index (κ3) is 5.78. The van der Waals surface area contributed by atoms with Gasteiger partial charge in [0.2, 0.25) is 10.0 Å². The highest BCUT2D eigenvalue weighted by Crippen LogP contribution is 2.43. The number of anilines is 1. The van der Waals surface area contributed by atoms with Crippen molar-refractivity contribution in [2.24, 2.45) is 0 Å². The van der Waals surface area contributed by atoms with Gasteiger partial charge in [-0.25, -0.2) is 18.1 Å². The summed E-state index contributed by atoms with van der Waals surface area (Å²) in [7, 11) is -3.14. The number of fused-ring (bicyclic) bond motifs is 2. The van der Waals surface area contributed by atoms with Gasteiger partial charge >= 0.3 is 0 Å². The molecule has 222 valence electrons. The molecule has 11 nitrogen and oxygen atoms in total. The SMILES string of the molecule is CS(=O)(=O)N1CCN(CN2Cc3sc(-c4cccc5nn([C@@H]6CCCCO6)cc45)cc3N(N3CCOCC3)C2)CC1. The fraction of sp³-hybridized carbons (Fsp3) is 0.607. The van der Waals surface area contributed by atoms with Crippen molar-refractivity contribution in [3.63, 3.8) is 0 Å². The fourth-order valence-corrected chi connectivity index (χ4v) is 8.44. The molecule has 1 atom stereocenters. The average Bonchev–Trinajstić information content (AvgIpc) is 3.62. The number of thiophene rings is 1. The van der Waals surface area contributed by atoms with E-state index in [0.29, 0.717) is 13.1 Å². The van der Waals surface area contributed by atoms with Gasteiger partial charge in [0, 0.05) is 79.3 Å². The Bertz CT molecular complexity index is 1470. The maximum atomic E-state index is 12.0. The highest BCUT2D eigenvalue weighted by atomic mass is 32.2. The predicted molar refractivity (Wildman–Crippen MR) is 160 cm³/mol. The second-order valence-corrected chi connectivity index (χ2v) is 14.6. The van der Waals surface area contributed by atoms with E-state index in [2.05, 4.69) is 50.3 Å². The first-order valence-electron chi connectivity index (χ1n) is 14.6. The number of morpholine rings is 1. The van der Waals surface area contributed by atoms with Crippen LogP contribution < -0.4 is 5.01 Å². The van der Waals surface area contributed by atoms with Crippen LogP contribution in [0.2, 0.25) is 0 Å². The molecule has 0 N–H and O–H groups in total. The fourth-order valence-electron chi connectivity index (χ4n) is 6.38. The van der Waals surface area contributed by atoms with Crippen molar-refractivity contribution in [3.05, 3.63) is 35.3 Å². The predicted octanol–water partition coefficient (Wildman–Crippen LogP) is 2.83. The van der Waals surface area contributed by atoms with E-state index in [1.165, 1.54) is 39.1 Å². The maximum absolute atomic E-state index is 12.0. The van der Waals surface area contributed by atoms with Gasteiger partial charge in [0.25, 0.3) is 0 Å². The Morgan fingerprint density at radius 3 is 2.61 bits per heavy atom. The van der Waals surface area contributed by atoms with Crippen LogP contribution in [0.1, 0.15) is 30.4 Å². The molecule has 4 aliphatic heterocycles. The standard InChI is InChI=1S/C28H39N7O4S2/c1-41(36,37)33-10-8-30(9-11-33)20-31-19-27-25(35(21-31)32-12-15-38-16-13-32)17-26(40-27)22-5-4-6-24-23(22)18-34(29-24)28-7-2-3-14-39-28/h4-6,17-18,28H,2-3,7-16,19-21H2,1H3/t28-/m0/s1. The number of hydrogen-bond donors (Lipinski definition) is 0. The summed E-state index contributed by atoms with van der Waals surface area (Å²) < 4.78 is 39.3. The third-order valence-corrected chi connectivity index (χ3v) is 11.0. The summed E-state index contributed by atoms with van der Waals surface area (Å²) >= 11 is 1.87. The number of nitrogens with zero attached hydrogens (tertiary/aromatic N) is 7. The zero-order valence-corrected chi connectivity index (χ0v) is 25.3. The Labute approximate surface area is 245 Å². The molecule has 0 radical (unpaired) electrons. The van der Waals surface area contributed by atoms with E-state index in [1.807, 2.05) is 16.0 Å². The lowest BCUT2D eigenvalue weighted by Crippen LogP contribution is -2.57. The summed E-state index contributed by atoms with van der Waals surface area (Å²) in [6, 6.07) is 8.78. The molecule has 13 heteroatoms. The average molecular weight is 602 g/mol. The first-order valence-corrected chi connectivity index (χ1v) is 17.3. The van der Waals surface area contributed by atoms with Crippen LogP contribution in [-0.4, -0.2) is 116 Å². The monoisotopic (exact) mass is 601 g/mol. The minimum Gasteiger partial charge on any atom is -0.379 e. The van der Waals surface area contributed by atoms with Gasteiger partial charge in [-0.05, 0) is 31.4 Å². The molecule has 0 bridgehead atoms. The van der Waals surface area contributed by atoms with Gasteiger partial charge < -0.3 is 9.47 Å². The summed E-state index contributed by atoms with van der Waals surface area (Å²) in [5.74, 6) is 0. The highest BCUT2D eigenvalue weighted by Gasteiger charge is 2.32. The molecule has 6 heterocycles. The van der Waals surface area contributed by atoms with E-state index in [9.17, 15) is 8.42 Å². The van der Waals surface area contributed by atoms with Gasteiger partial charge in [0.15, 0.2) is 0 Å². The largest absolute Gasteiger partial charge is 0.379 e. The second-order valence-electron chi connectivity index (χ2n) is 11.4. The van der Waals surface area contributed by atoms with Crippen molar-refractivity contribution in [2.45, 2.75) is 32.0 Å². The molecule has 2 aromatic heterocycles. The lowest BCUT2D eigenvalue weighted by atomic mass is 10.1. The van der Waals surface area contributed by atoms with E-state index in [4.69, 9.17) is 14.6 Å². The number of piperazine rings is 1. The molecule has 3 aromatic rings. The van der Waals surface area contributed by atoms with Crippen molar-refractivity contribution in [1.29, 1.82) is 0 Å². The lowest BCUT2D eigenvalue weighted by Gasteiger charge is -2.45. The number of hydrogen-bond acceptors (Lipinski definition) is 10. The van der Waals surface area contributed by atoms with E-state index in [-0.39, 0.29) is 6.23 Å². The van der Waals surface area contributed by atoms with E-state index >= 15 is 0 Å². The van der Waals surface area contributed by atoms with Gasteiger partial charge in [0.05, 0.1) is 44.0 Å². The summed E-state index contributed by atoms with van der Waals surface area (Å²) in [5.41, 5.74) is 3.50. The molecule has 0 saturated carbocycles. The Morgan fingerprint density at radius 2 is 1.85 bits per heavy atom. The van der Waals surface area contributed by atoms with Crippen LogP contribution in [0.5, 0.6) is 0 Å². The number of benzene rings is 1. The Morgan fingerprint density at radius 1 is 1.02 bits per heavy atom. The van der Waals surface area contributed by atoms with Crippen molar-refractivity contribution >= 4 is 38.0 Å². The van der Waals surface area contributed by atoms with E-state index in [1.54, 1.807) is 4.31 Å². The third-order valence-electron chi connectivity index (χ3n) is 8.58. The quantitative estimate of drug-likeness (QED) is 0.424. The van der Waals surface area contributed by atoms with Crippen molar-refractivity contribution in [2.75, 3.05) is 83.7 Å². The lowest BCUT2D eigenvalue weighted by molar-refractivity contribution is -0.0390. The van der Waals surface area contributed by atoms with Crippen LogP contribution in [0, 0.1) is 0 Å². The molecule has 0 spiro atoms. The molecule has 7 rings (SSSR count). The first kappa shape index (κ1) is 27.7. The van der Waals surface area contributed by atoms with Gasteiger partial charge in [0.1, 0.15) is 6.23 Å². The summed E-state index contributed by atoms with van der Waals surface area (Å²) in [4.78, 5) is 7.47. The Balaban J connectivity index is 1.16. The summed E-state index contributed by atoms with van der Waals surface area (Å²) in [6.07, 6.45) is 6.79. The van der Waals surface area contributed by atoms with Gasteiger partial charge in [-0.15, -0.1) is 11.3 Å². The molecular formula is C28H39N7O4S2. The van der Waals surface area contributed by atoms with Gasteiger partial charge in [-0.2, -0.15) is 9.40 Å². The number of hydrazine groups is 1. The van der Waals surface area contributed by atoms with Crippen LogP contribution in [0.25, 0.3) is 21.3 Å². The summed E-state index contributed by atoms with van der Waals surface area (Å²) in [5, 5.41) is 10.9. The van der Waals surface area contributed by atoms with Crippen molar-refractivity contribution < 1.29 is 17.9 Å². The van der Waals surface area contributed by atoms with Crippen LogP contribution in [-0.2, 0) is 26.0 Å². The second kappa shape index (κ2) is 11.5. The number of rotatable bonds is 6. The summed E-state index contributed by atoms with van der Waals surface area (Å²) in [6.45, 7) is 9.10. The minimum atomic E-state index is -3.14. The molecule has 0 amide bonds. The molecule has 1 aromatic carbocycles. The minimum absolute atomic E-state index is 0.0187. The molecule has 0 unspecified atom stereocenters. The van der Waals surface area contributed by atoms with Crippen molar-refractivity contribution in [1.82, 2.24) is 28.9 Å². The number of ether oxygens (including phenoxy) is 2. The van der Waals surface area contributed by atoms with Crippen molar-refractivity contribution in [3.8, 4) is 10.4 Å². The highest BCUT2D eigenvalue weighted by molar-refractivity contribution is 7.88. The Hall–Kier alpha value is -2.10. The topological polar surface area (TPSA) is 86.6 Å². The normalized spacial score (nSPS) is 24.2. The molecule has 3 saturated heterocycles. The number of sulfonamides is 1. The number of aromatic nitrogens is 2. The van der Waals surface area contributed by atoms with Crippen LogP contribution in [0.15, 0.2) is 30.5 Å². The van der Waals surface area contributed by atoms with E-state index in [0.717, 1.165) is 84.2 Å². The van der Waals surface area contributed by atoms with Gasteiger partial charge in [-0.3, -0.25) is 14.8 Å². The molecular weight excluding hydrogens is 562 g/mol.